The molecule has 0 saturated carbocycles. The van der Waals surface area contributed by atoms with Crippen molar-refractivity contribution in [1.82, 2.24) is 9.97 Å². The van der Waals surface area contributed by atoms with Gasteiger partial charge in [-0.3, -0.25) is 4.98 Å². The number of benzene rings is 1. The summed E-state index contributed by atoms with van der Waals surface area (Å²) in [4.78, 5) is 20.6. The number of ether oxygens (including phenoxy) is 4. The zero-order chi connectivity index (χ0) is 22.1. The molecule has 2 heterocycles. The minimum Gasteiger partial charge on any atom is -0.495 e. The van der Waals surface area contributed by atoms with E-state index in [1.54, 1.807) is 62.8 Å². The smallest absolute Gasteiger partial charge is 0.340 e. The molecule has 7 nitrogen and oxygen atoms in total. The summed E-state index contributed by atoms with van der Waals surface area (Å²) in [6.45, 7) is 2.43. The van der Waals surface area contributed by atoms with Gasteiger partial charge >= 0.3 is 5.97 Å². The maximum Gasteiger partial charge on any atom is 0.340 e. The first-order valence-corrected chi connectivity index (χ1v) is 10.2. The molecule has 0 aliphatic heterocycles. The van der Waals surface area contributed by atoms with E-state index in [1.165, 1.54) is 6.20 Å². The predicted octanol–water partition coefficient (Wildman–Crippen LogP) is 5.12. The van der Waals surface area contributed by atoms with Gasteiger partial charge in [-0.2, -0.15) is 0 Å². The van der Waals surface area contributed by atoms with Gasteiger partial charge in [-0.05, 0) is 50.1 Å². The topological polar surface area (TPSA) is 79.8 Å². The molecule has 0 bridgehead atoms. The van der Waals surface area contributed by atoms with Crippen molar-refractivity contribution in [3.05, 3.63) is 71.1 Å². The fourth-order valence-corrected chi connectivity index (χ4v) is 3.10. The number of carbonyl (C=O) groups excluding carboxylic acids is 1. The van der Waals surface area contributed by atoms with Gasteiger partial charge in [-0.15, -0.1) is 0 Å². The molecule has 0 aliphatic carbocycles. The monoisotopic (exact) mass is 442 g/mol. The summed E-state index contributed by atoms with van der Waals surface area (Å²) < 4.78 is 22.2. The Morgan fingerprint density at radius 3 is 2.77 bits per heavy atom. The van der Waals surface area contributed by atoms with Gasteiger partial charge in [0.15, 0.2) is 5.75 Å². The van der Waals surface area contributed by atoms with Gasteiger partial charge < -0.3 is 18.9 Å². The third-order valence-electron chi connectivity index (χ3n) is 4.31. The highest BCUT2D eigenvalue weighted by atomic mass is 35.5. The Morgan fingerprint density at radius 2 is 2.00 bits per heavy atom. The number of hydrogen-bond donors (Lipinski definition) is 0. The van der Waals surface area contributed by atoms with Gasteiger partial charge in [-0.1, -0.05) is 17.7 Å². The molecule has 162 valence electrons. The fourth-order valence-electron chi connectivity index (χ4n) is 2.92. The van der Waals surface area contributed by atoms with E-state index in [0.29, 0.717) is 53.2 Å². The number of halogens is 1. The molecular weight excluding hydrogens is 420 g/mol. The lowest BCUT2D eigenvalue weighted by atomic mass is 10.0. The van der Waals surface area contributed by atoms with E-state index in [1.807, 2.05) is 0 Å². The summed E-state index contributed by atoms with van der Waals surface area (Å²) in [7, 11) is 1.54. The molecule has 0 spiro atoms. The largest absolute Gasteiger partial charge is 0.495 e. The lowest BCUT2D eigenvalue weighted by molar-refractivity contribution is 0.0524. The molecule has 3 rings (SSSR count). The molecule has 0 N–H and O–H groups in total. The van der Waals surface area contributed by atoms with Crippen molar-refractivity contribution in [1.29, 1.82) is 0 Å². The standard InChI is InChI=1S/C23H23ClN2O5/c1-3-29-23(27)19-14-25-15-21(28-2)18(19)9-6-12-30-20-10-5-11-26-22(20)31-17-8-4-7-16(24)13-17/h4-5,7-8,10-11,13-15H,3,6,9,12H2,1-2H3. The van der Waals surface area contributed by atoms with Crippen LogP contribution in [0.2, 0.25) is 5.02 Å². The van der Waals surface area contributed by atoms with Crippen LogP contribution in [0.25, 0.3) is 0 Å². The van der Waals surface area contributed by atoms with Gasteiger partial charge in [0.1, 0.15) is 11.5 Å². The van der Waals surface area contributed by atoms with Crippen LogP contribution >= 0.6 is 11.6 Å². The number of rotatable bonds is 10. The fraction of sp³-hybridized carbons (Fsp3) is 0.261. The average molecular weight is 443 g/mol. The summed E-state index contributed by atoms with van der Waals surface area (Å²) in [6, 6.07) is 10.6. The number of methoxy groups -OCH3 is 1. The predicted molar refractivity (Wildman–Crippen MR) is 116 cm³/mol. The van der Waals surface area contributed by atoms with Crippen molar-refractivity contribution < 1.29 is 23.7 Å². The van der Waals surface area contributed by atoms with Crippen LogP contribution in [-0.4, -0.2) is 36.3 Å². The molecule has 3 aromatic rings. The second kappa shape index (κ2) is 11.2. The van der Waals surface area contributed by atoms with Crippen LogP contribution in [-0.2, 0) is 11.2 Å². The number of esters is 1. The Balaban J connectivity index is 1.65. The summed E-state index contributed by atoms with van der Waals surface area (Å²) >= 11 is 6.01. The van der Waals surface area contributed by atoms with Crippen LogP contribution in [0.3, 0.4) is 0 Å². The number of nitrogens with zero attached hydrogens (tertiary/aromatic N) is 2. The number of pyridine rings is 2. The summed E-state index contributed by atoms with van der Waals surface area (Å²) in [5.74, 6) is 1.54. The molecular formula is C23H23ClN2O5. The highest BCUT2D eigenvalue weighted by Gasteiger charge is 2.17. The van der Waals surface area contributed by atoms with E-state index in [2.05, 4.69) is 9.97 Å². The second-order valence-electron chi connectivity index (χ2n) is 6.41. The molecule has 0 radical (unpaired) electrons. The first-order valence-electron chi connectivity index (χ1n) is 9.81. The molecule has 0 amide bonds. The SMILES string of the molecule is CCOC(=O)c1cncc(OC)c1CCCOc1cccnc1Oc1cccc(Cl)c1. The van der Waals surface area contributed by atoms with Crippen molar-refractivity contribution in [2.24, 2.45) is 0 Å². The minimum absolute atomic E-state index is 0.287. The number of aromatic nitrogens is 2. The molecule has 8 heteroatoms. The van der Waals surface area contributed by atoms with E-state index < -0.39 is 5.97 Å². The minimum atomic E-state index is -0.422. The van der Waals surface area contributed by atoms with E-state index in [4.69, 9.17) is 30.5 Å². The zero-order valence-electron chi connectivity index (χ0n) is 17.3. The van der Waals surface area contributed by atoms with Gasteiger partial charge in [0.2, 0.25) is 0 Å². The van der Waals surface area contributed by atoms with Gasteiger partial charge in [0, 0.05) is 23.0 Å². The normalized spacial score (nSPS) is 10.4. The Hall–Kier alpha value is -3.32. The maximum absolute atomic E-state index is 12.2. The van der Waals surface area contributed by atoms with Crippen LogP contribution in [0.15, 0.2) is 55.0 Å². The average Bonchev–Trinajstić information content (AvgIpc) is 2.77. The third kappa shape index (κ3) is 6.08. The number of carbonyl (C=O) groups is 1. The van der Waals surface area contributed by atoms with Crippen LogP contribution in [0.5, 0.6) is 23.1 Å². The van der Waals surface area contributed by atoms with Crippen molar-refractivity contribution in [3.63, 3.8) is 0 Å². The highest BCUT2D eigenvalue weighted by molar-refractivity contribution is 6.30. The van der Waals surface area contributed by atoms with E-state index in [-0.39, 0.29) is 6.61 Å². The molecule has 0 unspecified atom stereocenters. The van der Waals surface area contributed by atoms with Crippen molar-refractivity contribution in [2.45, 2.75) is 19.8 Å². The Kier molecular flexibility index (Phi) is 8.06. The Labute approximate surface area is 185 Å². The number of hydrogen-bond acceptors (Lipinski definition) is 7. The Morgan fingerprint density at radius 1 is 1.13 bits per heavy atom. The Bertz CT molecular complexity index is 1030. The lowest BCUT2D eigenvalue weighted by Gasteiger charge is -2.14. The molecule has 0 fully saturated rings. The molecule has 2 aromatic heterocycles. The second-order valence-corrected chi connectivity index (χ2v) is 6.84. The van der Waals surface area contributed by atoms with Crippen molar-refractivity contribution in [2.75, 3.05) is 20.3 Å². The van der Waals surface area contributed by atoms with Crippen LogP contribution in [0.1, 0.15) is 29.3 Å². The quantitative estimate of drug-likeness (QED) is 0.318. The molecule has 0 aliphatic rings. The third-order valence-corrected chi connectivity index (χ3v) is 4.54. The summed E-state index contributed by atoms with van der Waals surface area (Å²) in [5, 5.41) is 0.569. The molecule has 1 aromatic carbocycles. The van der Waals surface area contributed by atoms with Gasteiger partial charge in [0.05, 0.1) is 32.1 Å². The van der Waals surface area contributed by atoms with Crippen LogP contribution in [0, 0.1) is 0 Å². The molecule has 0 atom stereocenters. The van der Waals surface area contributed by atoms with Crippen LogP contribution < -0.4 is 14.2 Å². The zero-order valence-corrected chi connectivity index (χ0v) is 18.1. The van der Waals surface area contributed by atoms with E-state index in [9.17, 15) is 4.79 Å². The van der Waals surface area contributed by atoms with Crippen molar-refractivity contribution >= 4 is 17.6 Å². The van der Waals surface area contributed by atoms with E-state index >= 15 is 0 Å². The van der Waals surface area contributed by atoms with Crippen molar-refractivity contribution in [3.8, 4) is 23.1 Å². The maximum atomic E-state index is 12.2. The van der Waals surface area contributed by atoms with Crippen LogP contribution in [0.4, 0.5) is 0 Å². The summed E-state index contributed by atoms with van der Waals surface area (Å²) in [5.41, 5.74) is 1.13. The van der Waals surface area contributed by atoms with Gasteiger partial charge in [-0.25, -0.2) is 9.78 Å². The van der Waals surface area contributed by atoms with Gasteiger partial charge in [0.25, 0.3) is 5.88 Å². The molecule has 0 saturated heterocycles. The van der Waals surface area contributed by atoms with E-state index in [0.717, 1.165) is 5.56 Å². The first kappa shape index (κ1) is 22.4. The lowest BCUT2D eigenvalue weighted by Crippen LogP contribution is -2.11. The summed E-state index contributed by atoms with van der Waals surface area (Å²) in [6.07, 6.45) is 5.87. The molecule has 31 heavy (non-hydrogen) atoms. The first-order chi connectivity index (χ1) is 15.1. The highest BCUT2D eigenvalue weighted by Crippen LogP contribution is 2.30.